The van der Waals surface area contributed by atoms with Gasteiger partial charge in [-0.15, -0.1) is 0 Å². The van der Waals surface area contributed by atoms with E-state index in [2.05, 4.69) is 36.5 Å². The van der Waals surface area contributed by atoms with E-state index in [9.17, 15) is 0 Å². The summed E-state index contributed by atoms with van der Waals surface area (Å²) < 4.78 is 5.77. The van der Waals surface area contributed by atoms with Crippen molar-refractivity contribution in [3.63, 3.8) is 0 Å². The van der Waals surface area contributed by atoms with E-state index in [1.807, 2.05) is 0 Å². The zero-order valence-electron chi connectivity index (χ0n) is 12.6. The fraction of sp³-hybridized carbons (Fsp3) is 0.667. The largest absolute Gasteiger partial charge is 0.493 e. The summed E-state index contributed by atoms with van der Waals surface area (Å²) in [6.45, 7) is 3.17. The van der Waals surface area contributed by atoms with E-state index in [-0.39, 0.29) is 0 Å². The maximum Gasteiger partial charge on any atom is 0.124 e. The monoisotopic (exact) mass is 273 g/mol. The minimum Gasteiger partial charge on any atom is -0.493 e. The summed E-state index contributed by atoms with van der Waals surface area (Å²) in [6.07, 6.45) is 9.45. The third kappa shape index (κ3) is 3.01. The zero-order valence-corrected chi connectivity index (χ0v) is 12.6. The lowest BCUT2D eigenvalue weighted by atomic mass is 9.82. The Bertz CT molecular complexity index is 425. The summed E-state index contributed by atoms with van der Waals surface area (Å²) in [6, 6.07) is 9.67. The third-order valence-electron chi connectivity index (χ3n) is 5.03. The van der Waals surface area contributed by atoms with Gasteiger partial charge in [0, 0.05) is 24.1 Å². The van der Waals surface area contributed by atoms with Gasteiger partial charge in [-0.05, 0) is 31.2 Å². The van der Waals surface area contributed by atoms with Gasteiger partial charge in [0.2, 0.25) is 0 Å². The molecule has 1 N–H and O–H groups in total. The molecule has 3 rings (SSSR count). The molecule has 0 saturated heterocycles. The molecule has 0 radical (unpaired) electrons. The molecule has 0 amide bonds. The van der Waals surface area contributed by atoms with Crippen molar-refractivity contribution in [1.82, 2.24) is 5.32 Å². The van der Waals surface area contributed by atoms with Gasteiger partial charge < -0.3 is 10.1 Å². The average Bonchev–Trinajstić information content (AvgIpc) is 2.53. The van der Waals surface area contributed by atoms with Crippen molar-refractivity contribution in [2.45, 2.75) is 64.0 Å². The van der Waals surface area contributed by atoms with E-state index in [0.717, 1.165) is 24.7 Å². The first kappa shape index (κ1) is 13.9. The smallest absolute Gasteiger partial charge is 0.124 e. The molecule has 0 spiro atoms. The van der Waals surface area contributed by atoms with Gasteiger partial charge in [-0.25, -0.2) is 0 Å². The minimum atomic E-state index is 0.479. The Morgan fingerprint density at radius 1 is 1.15 bits per heavy atom. The summed E-state index contributed by atoms with van der Waals surface area (Å²) in [5.41, 5.74) is 1.35. The van der Waals surface area contributed by atoms with E-state index >= 15 is 0 Å². The van der Waals surface area contributed by atoms with Crippen molar-refractivity contribution in [3.05, 3.63) is 29.8 Å². The molecule has 0 aromatic heterocycles. The molecule has 1 fully saturated rings. The van der Waals surface area contributed by atoms with Crippen molar-refractivity contribution < 1.29 is 4.74 Å². The van der Waals surface area contributed by atoms with Crippen LogP contribution in [0.4, 0.5) is 0 Å². The summed E-state index contributed by atoms with van der Waals surface area (Å²) >= 11 is 0. The predicted octanol–water partition coefficient (Wildman–Crippen LogP) is 4.46. The number of hydrogen-bond acceptors (Lipinski definition) is 2. The molecule has 1 aliphatic heterocycles. The van der Waals surface area contributed by atoms with Gasteiger partial charge in [0.25, 0.3) is 0 Å². The highest BCUT2D eigenvalue weighted by Crippen LogP contribution is 2.34. The van der Waals surface area contributed by atoms with Crippen LogP contribution in [0, 0.1) is 5.92 Å². The van der Waals surface area contributed by atoms with E-state index < -0.39 is 0 Å². The lowest BCUT2D eigenvalue weighted by Crippen LogP contribution is -2.40. The van der Waals surface area contributed by atoms with Crippen molar-refractivity contribution in [2.24, 2.45) is 5.92 Å². The number of hydrogen-bond donors (Lipinski definition) is 1. The van der Waals surface area contributed by atoms with Crippen LogP contribution in [0.3, 0.4) is 0 Å². The highest BCUT2D eigenvalue weighted by atomic mass is 16.5. The molecule has 20 heavy (non-hydrogen) atoms. The summed E-state index contributed by atoms with van der Waals surface area (Å²) in [5, 5.41) is 3.95. The fourth-order valence-electron chi connectivity index (χ4n) is 3.90. The van der Waals surface area contributed by atoms with Crippen LogP contribution in [0.25, 0.3) is 0 Å². The molecule has 2 unspecified atom stereocenters. The predicted molar refractivity (Wildman–Crippen MR) is 83.1 cm³/mol. The number of ether oxygens (including phenoxy) is 1. The molecular formula is C18H27NO. The first-order valence-corrected chi connectivity index (χ1v) is 8.36. The van der Waals surface area contributed by atoms with E-state index in [1.165, 1.54) is 44.1 Å². The minimum absolute atomic E-state index is 0.479. The van der Waals surface area contributed by atoms with Gasteiger partial charge in [-0.2, -0.15) is 0 Å². The van der Waals surface area contributed by atoms with E-state index in [0.29, 0.717) is 12.1 Å². The van der Waals surface area contributed by atoms with Crippen LogP contribution < -0.4 is 10.1 Å². The molecule has 1 aromatic rings. The van der Waals surface area contributed by atoms with Crippen molar-refractivity contribution in [1.29, 1.82) is 0 Å². The molecule has 1 aliphatic carbocycles. The molecule has 2 atom stereocenters. The Morgan fingerprint density at radius 3 is 2.75 bits per heavy atom. The Labute approximate surface area is 122 Å². The molecule has 1 heterocycles. The standard InChI is InChI=1S/C18H27NO/c1-2-16(14-8-4-3-5-9-14)19-17-12-13-20-18-11-7-6-10-15(17)18/h6-7,10-11,14,16-17,19H,2-5,8-9,12-13H2,1H3. The number of rotatable bonds is 4. The Balaban J connectivity index is 1.70. The Morgan fingerprint density at radius 2 is 1.95 bits per heavy atom. The molecule has 1 aromatic carbocycles. The number of fused-ring (bicyclic) bond motifs is 1. The number of nitrogens with one attached hydrogen (secondary N) is 1. The van der Waals surface area contributed by atoms with E-state index in [1.54, 1.807) is 0 Å². The molecule has 110 valence electrons. The van der Waals surface area contributed by atoms with Crippen molar-refractivity contribution in [3.8, 4) is 5.75 Å². The average molecular weight is 273 g/mol. The second-order valence-electron chi connectivity index (χ2n) is 6.31. The highest BCUT2D eigenvalue weighted by Gasteiger charge is 2.27. The van der Waals surface area contributed by atoms with E-state index in [4.69, 9.17) is 4.74 Å². The van der Waals surface area contributed by atoms with Gasteiger partial charge in [0.05, 0.1) is 6.61 Å². The normalized spacial score (nSPS) is 24.8. The molecule has 1 saturated carbocycles. The van der Waals surface area contributed by atoms with Gasteiger partial charge in [0.1, 0.15) is 5.75 Å². The quantitative estimate of drug-likeness (QED) is 0.874. The number of para-hydroxylation sites is 1. The first-order valence-electron chi connectivity index (χ1n) is 8.36. The zero-order chi connectivity index (χ0) is 13.8. The molecule has 2 nitrogen and oxygen atoms in total. The summed E-state index contributed by atoms with van der Waals surface area (Å²) in [4.78, 5) is 0. The van der Waals surface area contributed by atoms with Crippen LogP contribution in [-0.2, 0) is 0 Å². The van der Waals surface area contributed by atoms with Crippen LogP contribution in [0.2, 0.25) is 0 Å². The maximum atomic E-state index is 5.77. The van der Waals surface area contributed by atoms with Crippen molar-refractivity contribution in [2.75, 3.05) is 6.61 Å². The van der Waals surface area contributed by atoms with Crippen LogP contribution in [0.5, 0.6) is 5.75 Å². The van der Waals surface area contributed by atoms with Crippen LogP contribution in [0.1, 0.15) is 63.5 Å². The van der Waals surface area contributed by atoms with Crippen LogP contribution >= 0.6 is 0 Å². The summed E-state index contributed by atoms with van der Waals surface area (Å²) in [5.74, 6) is 1.96. The number of benzene rings is 1. The summed E-state index contributed by atoms with van der Waals surface area (Å²) in [7, 11) is 0. The van der Waals surface area contributed by atoms with Crippen LogP contribution in [0.15, 0.2) is 24.3 Å². The Hall–Kier alpha value is -1.02. The fourth-order valence-corrected chi connectivity index (χ4v) is 3.90. The van der Waals surface area contributed by atoms with Gasteiger partial charge >= 0.3 is 0 Å². The lowest BCUT2D eigenvalue weighted by Gasteiger charge is -2.35. The van der Waals surface area contributed by atoms with Crippen LogP contribution in [-0.4, -0.2) is 12.6 Å². The Kier molecular flexibility index (Phi) is 4.62. The maximum absolute atomic E-state index is 5.77. The topological polar surface area (TPSA) is 21.3 Å². The molecule has 2 aliphatic rings. The lowest BCUT2D eigenvalue weighted by molar-refractivity contribution is 0.206. The van der Waals surface area contributed by atoms with Gasteiger partial charge in [-0.1, -0.05) is 44.4 Å². The third-order valence-corrected chi connectivity index (χ3v) is 5.03. The SMILES string of the molecule is CCC(NC1CCOc2ccccc21)C1CCCCC1. The second-order valence-corrected chi connectivity index (χ2v) is 6.31. The van der Waals surface area contributed by atoms with Gasteiger partial charge in [-0.3, -0.25) is 0 Å². The molecule has 0 bridgehead atoms. The highest BCUT2D eigenvalue weighted by molar-refractivity contribution is 5.37. The molecule has 2 heteroatoms. The first-order chi connectivity index (χ1) is 9.88. The second kappa shape index (κ2) is 6.62. The molecular weight excluding hydrogens is 246 g/mol. The van der Waals surface area contributed by atoms with Gasteiger partial charge in [0.15, 0.2) is 0 Å². The van der Waals surface area contributed by atoms with Crippen molar-refractivity contribution >= 4 is 0 Å².